The van der Waals surface area contributed by atoms with Crippen molar-refractivity contribution in [3.05, 3.63) is 54.4 Å². The van der Waals surface area contributed by atoms with Crippen LogP contribution in [0, 0.1) is 0 Å². The summed E-state index contributed by atoms with van der Waals surface area (Å²) in [7, 11) is 0. The number of carbonyl (C=O) groups excluding carboxylic acids is 1. The molecule has 0 spiro atoms. The summed E-state index contributed by atoms with van der Waals surface area (Å²) >= 11 is 1.51. The molecule has 24 heavy (non-hydrogen) atoms. The van der Waals surface area contributed by atoms with Crippen LogP contribution in [0.2, 0.25) is 0 Å². The van der Waals surface area contributed by atoms with Gasteiger partial charge >= 0.3 is 0 Å². The normalized spacial score (nSPS) is 18.0. The molecule has 5 nitrogen and oxygen atoms in total. The lowest BCUT2D eigenvalue weighted by Gasteiger charge is -2.13. The van der Waals surface area contributed by atoms with E-state index < -0.39 is 0 Å². The van der Waals surface area contributed by atoms with Crippen LogP contribution in [0.1, 0.15) is 30.7 Å². The van der Waals surface area contributed by atoms with Gasteiger partial charge in [0.15, 0.2) is 5.16 Å². The van der Waals surface area contributed by atoms with Crippen molar-refractivity contribution in [3.8, 4) is 0 Å². The van der Waals surface area contributed by atoms with Gasteiger partial charge in [-0.15, -0.1) is 16.8 Å². The van der Waals surface area contributed by atoms with Gasteiger partial charge in [0.1, 0.15) is 5.82 Å². The molecular weight excluding hydrogens is 320 g/mol. The van der Waals surface area contributed by atoms with Gasteiger partial charge < -0.3 is 9.88 Å². The second-order valence-corrected chi connectivity index (χ2v) is 7.02. The van der Waals surface area contributed by atoms with Gasteiger partial charge in [0.25, 0.3) is 0 Å². The molecule has 1 fully saturated rings. The lowest BCUT2D eigenvalue weighted by molar-refractivity contribution is -0.120. The lowest BCUT2D eigenvalue weighted by atomic mass is 10.1. The van der Waals surface area contributed by atoms with Crippen molar-refractivity contribution in [2.45, 2.75) is 42.6 Å². The van der Waals surface area contributed by atoms with Crippen molar-refractivity contribution in [2.75, 3.05) is 6.54 Å². The van der Waals surface area contributed by atoms with E-state index in [9.17, 15) is 4.79 Å². The molecule has 0 radical (unpaired) electrons. The maximum absolute atomic E-state index is 12.2. The molecule has 0 bridgehead atoms. The Morgan fingerprint density at radius 2 is 2.12 bits per heavy atom. The zero-order valence-corrected chi connectivity index (χ0v) is 14.5. The first-order valence-corrected chi connectivity index (χ1v) is 9.17. The Hall–Kier alpha value is -2.08. The number of hydrogen-bond donors (Lipinski definition) is 1. The van der Waals surface area contributed by atoms with Crippen LogP contribution >= 0.6 is 11.8 Å². The van der Waals surface area contributed by atoms with Crippen molar-refractivity contribution in [1.29, 1.82) is 0 Å². The molecular formula is C18H22N4OS. The van der Waals surface area contributed by atoms with Gasteiger partial charge in [-0.1, -0.05) is 54.6 Å². The Morgan fingerprint density at radius 3 is 2.92 bits per heavy atom. The Kier molecular flexibility index (Phi) is 5.69. The molecule has 0 aliphatic carbocycles. The third-order valence-corrected chi connectivity index (χ3v) is 5.29. The van der Waals surface area contributed by atoms with Crippen LogP contribution in [0.4, 0.5) is 0 Å². The fourth-order valence-electron chi connectivity index (χ4n) is 2.78. The van der Waals surface area contributed by atoms with Crippen LogP contribution in [0.5, 0.6) is 0 Å². The number of thioether (sulfide) groups is 1. The number of carbonyl (C=O) groups is 1. The fourth-order valence-corrected chi connectivity index (χ4v) is 3.90. The third kappa shape index (κ3) is 4.06. The second kappa shape index (κ2) is 8.15. The summed E-state index contributed by atoms with van der Waals surface area (Å²) in [5.41, 5.74) is 1.19. The first kappa shape index (κ1) is 16.8. The molecule has 1 N–H and O–H groups in total. The largest absolute Gasteiger partial charge is 0.355 e. The van der Waals surface area contributed by atoms with E-state index >= 15 is 0 Å². The van der Waals surface area contributed by atoms with E-state index in [2.05, 4.69) is 38.8 Å². The summed E-state index contributed by atoms with van der Waals surface area (Å²) in [6, 6.07) is 10.2. The van der Waals surface area contributed by atoms with Crippen LogP contribution in [-0.2, 0) is 17.8 Å². The van der Waals surface area contributed by atoms with Gasteiger partial charge in [-0.25, -0.2) is 0 Å². The minimum Gasteiger partial charge on any atom is -0.355 e. The maximum atomic E-state index is 12.2. The molecule has 1 aliphatic heterocycles. The number of rotatable bonds is 6. The zero-order chi connectivity index (χ0) is 16.8. The van der Waals surface area contributed by atoms with E-state index in [4.69, 9.17) is 0 Å². The molecule has 1 aromatic carbocycles. The van der Waals surface area contributed by atoms with E-state index in [1.54, 1.807) is 0 Å². The molecule has 2 heterocycles. The smallest absolute Gasteiger partial charge is 0.233 e. The minimum atomic E-state index is -0.0927. The molecule has 126 valence electrons. The van der Waals surface area contributed by atoms with Crippen LogP contribution in [0.25, 0.3) is 0 Å². The summed E-state index contributed by atoms with van der Waals surface area (Å²) in [5.74, 6) is 1.01. The first-order chi connectivity index (χ1) is 11.8. The van der Waals surface area contributed by atoms with E-state index in [0.29, 0.717) is 6.54 Å². The summed E-state index contributed by atoms with van der Waals surface area (Å²) < 4.78 is 2.06. The molecule has 1 aliphatic rings. The molecule has 1 atom stereocenters. The molecule has 1 amide bonds. The van der Waals surface area contributed by atoms with Crippen LogP contribution in [-0.4, -0.2) is 32.5 Å². The van der Waals surface area contributed by atoms with Crippen molar-refractivity contribution in [3.63, 3.8) is 0 Å². The van der Waals surface area contributed by atoms with E-state index in [0.717, 1.165) is 43.2 Å². The zero-order valence-electron chi connectivity index (χ0n) is 13.6. The molecule has 1 aromatic heterocycles. The molecule has 0 unspecified atom stereocenters. The first-order valence-electron chi connectivity index (χ1n) is 8.29. The summed E-state index contributed by atoms with van der Waals surface area (Å²) in [4.78, 5) is 12.2. The molecule has 6 heteroatoms. The van der Waals surface area contributed by atoms with Crippen LogP contribution in [0.3, 0.4) is 0 Å². The Labute approximate surface area is 146 Å². The SMILES string of the molecule is C=CCn1c(Cc2ccccc2)nnc1S[C@@H]1CCCCNC1=O. The van der Waals surface area contributed by atoms with Gasteiger partial charge in [0.2, 0.25) is 5.91 Å². The van der Waals surface area contributed by atoms with Crippen molar-refractivity contribution >= 4 is 17.7 Å². The van der Waals surface area contributed by atoms with Crippen molar-refractivity contribution in [1.82, 2.24) is 20.1 Å². The monoisotopic (exact) mass is 342 g/mol. The average Bonchev–Trinajstić information content (AvgIpc) is 2.83. The van der Waals surface area contributed by atoms with Crippen LogP contribution in [0.15, 0.2) is 48.1 Å². The highest BCUT2D eigenvalue weighted by Crippen LogP contribution is 2.28. The van der Waals surface area contributed by atoms with Crippen LogP contribution < -0.4 is 5.32 Å². The van der Waals surface area contributed by atoms with Gasteiger partial charge in [0, 0.05) is 19.5 Å². The number of allylic oxidation sites excluding steroid dienone is 1. The fraction of sp³-hybridized carbons (Fsp3) is 0.389. The number of nitrogens with one attached hydrogen (secondary N) is 1. The Balaban J connectivity index is 1.80. The van der Waals surface area contributed by atoms with E-state index in [1.807, 2.05) is 24.3 Å². The predicted octanol–water partition coefficient (Wildman–Crippen LogP) is 2.82. The number of hydrogen-bond acceptors (Lipinski definition) is 4. The topological polar surface area (TPSA) is 59.8 Å². The number of aromatic nitrogens is 3. The summed E-state index contributed by atoms with van der Waals surface area (Å²) in [5, 5.41) is 12.4. The average molecular weight is 342 g/mol. The van der Waals surface area contributed by atoms with Crippen molar-refractivity contribution in [2.24, 2.45) is 0 Å². The highest BCUT2D eigenvalue weighted by atomic mass is 32.2. The number of benzene rings is 1. The second-order valence-electron chi connectivity index (χ2n) is 5.85. The molecule has 3 rings (SSSR count). The Bertz CT molecular complexity index is 698. The maximum Gasteiger partial charge on any atom is 0.233 e. The van der Waals surface area contributed by atoms with E-state index in [1.165, 1.54) is 17.3 Å². The Morgan fingerprint density at radius 1 is 1.29 bits per heavy atom. The minimum absolute atomic E-state index is 0.0927. The van der Waals surface area contributed by atoms with Gasteiger partial charge in [-0.05, 0) is 18.4 Å². The van der Waals surface area contributed by atoms with Gasteiger partial charge in [-0.2, -0.15) is 0 Å². The highest BCUT2D eigenvalue weighted by Gasteiger charge is 2.25. The number of amides is 1. The highest BCUT2D eigenvalue weighted by molar-refractivity contribution is 8.00. The predicted molar refractivity (Wildman–Crippen MR) is 96.0 cm³/mol. The van der Waals surface area contributed by atoms with E-state index in [-0.39, 0.29) is 11.2 Å². The lowest BCUT2D eigenvalue weighted by Crippen LogP contribution is -2.30. The standard InChI is InChI=1S/C18H22N4OS/c1-2-12-22-16(13-14-8-4-3-5-9-14)20-21-18(22)24-15-10-6-7-11-19-17(15)23/h2-5,8-9,15H,1,6-7,10-13H2,(H,19,23)/t15-/m1/s1. The third-order valence-electron chi connectivity index (χ3n) is 4.04. The quantitative estimate of drug-likeness (QED) is 0.820. The summed E-state index contributed by atoms with van der Waals surface area (Å²) in [6.07, 6.45) is 5.55. The van der Waals surface area contributed by atoms with Gasteiger partial charge in [-0.3, -0.25) is 4.79 Å². The molecule has 1 saturated heterocycles. The molecule has 0 saturated carbocycles. The molecule has 2 aromatic rings. The number of nitrogens with zero attached hydrogens (tertiary/aromatic N) is 3. The van der Waals surface area contributed by atoms with Crippen molar-refractivity contribution < 1.29 is 4.79 Å². The van der Waals surface area contributed by atoms with Gasteiger partial charge in [0.05, 0.1) is 5.25 Å². The summed E-state index contributed by atoms with van der Waals surface area (Å²) in [6.45, 7) is 5.25.